The summed E-state index contributed by atoms with van der Waals surface area (Å²) in [5, 5.41) is 0.859. The molecule has 1 saturated heterocycles. The van der Waals surface area contributed by atoms with Crippen molar-refractivity contribution in [1.29, 1.82) is 0 Å². The van der Waals surface area contributed by atoms with Crippen molar-refractivity contribution in [3.8, 4) is 0 Å². The molecule has 1 aromatic heterocycles. The number of nitrogen functional groups attached to an aromatic ring is 1. The van der Waals surface area contributed by atoms with E-state index in [1.54, 1.807) is 6.92 Å². The summed E-state index contributed by atoms with van der Waals surface area (Å²) in [6.45, 7) is 2.89. The zero-order valence-electron chi connectivity index (χ0n) is 11.9. The van der Waals surface area contributed by atoms with Gasteiger partial charge in [0.05, 0.1) is 28.7 Å². The van der Waals surface area contributed by atoms with Crippen LogP contribution in [0.4, 0.5) is 10.7 Å². The Balaban J connectivity index is 2.31. The van der Waals surface area contributed by atoms with Crippen LogP contribution in [0.3, 0.4) is 0 Å². The Hall–Kier alpha value is -0.930. The minimum atomic E-state index is -2.94. The first-order valence-corrected chi connectivity index (χ1v) is 10.3. The highest BCUT2D eigenvalue weighted by molar-refractivity contribution is 7.99. The van der Waals surface area contributed by atoms with Crippen LogP contribution < -0.4 is 10.6 Å². The predicted octanol–water partition coefficient (Wildman–Crippen LogP) is 1.46. The smallest absolute Gasteiger partial charge is 0.350 e. The van der Waals surface area contributed by atoms with Crippen LogP contribution in [-0.2, 0) is 14.6 Å². The van der Waals surface area contributed by atoms with Crippen molar-refractivity contribution in [1.82, 2.24) is 0 Å². The number of anilines is 2. The van der Waals surface area contributed by atoms with Crippen molar-refractivity contribution in [3.05, 3.63) is 4.88 Å². The Bertz CT molecular complexity index is 625. The first-order chi connectivity index (χ1) is 9.89. The van der Waals surface area contributed by atoms with Crippen molar-refractivity contribution in [2.24, 2.45) is 0 Å². The lowest BCUT2D eigenvalue weighted by atomic mass is 10.3. The second-order valence-corrected chi connectivity index (χ2v) is 8.66. The third-order valence-electron chi connectivity index (χ3n) is 3.18. The van der Waals surface area contributed by atoms with E-state index in [4.69, 9.17) is 10.5 Å². The fourth-order valence-corrected chi connectivity index (χ4v) is 5.41. The number of nitrogens with zero attached hydrogens (tertiary/aromatic N) is 1. The minimum Gasteiger partial charge on any atom is -0.462 e. The molecule has 0 aromatic carbocycles. The molecule has 0 aliphatic carbocycles. The summed E-state index contributed by atoms with van der Waals surface area (Å²) in [6.07, 6.45) is 1.89. The van der Waals surface area contributed by atoms with Crippen LogP contribution >= 0.6 is 23.1 Å². The summed E-state index contributed by atoms with van der Waals surface area (Å²) in [7, 11) is -2.94. The molecule has 0 unspecified atom stereocenters. The first kappa shape index (κ1) is 16.4. The normalized spacial score (nSPS) is 17.7. The standard InChI is InChI=1S/C12H18N2O4S3/c1-3-18-12(15)10-8(13)9(19-2)11(20-10)14-4-6-21(16,17)7-5-14/h3-7,13H2,1-2H3. The third kappa shape index (κ3) is 3.46. The molecule has 2 rings (SSSR count). The first-order valence-electron chi connectivity index (χ1n) is 6.48. The lowest BCUT2D eigenvalue weighted by molar-refractivity contribution is 0.0533. The van der Waals surface area contributed by atoms with E-state index >= 15 is 0 Å². The zero-order chi connectivity index (χ0) is 15.6. The van der Waals surface area contributed by atoms with Gasteiger partial charge in [0.15, 0.2) is 9.84 Å². The van der Waals surface area contributed by atoms with Crippen molar-refractivity contribution >= 4 is 49.6 Å². The highest BCUT2D eigenvalue weighted by atomic mass is 32.2. The Labute approximate surface area is 132 Å². The molecule has 0 atom stereocenters. The van der Waals surface area contributed by atoms with Gasteiger partial charge in [-0.25, -0.2) is 13.2 Å². The number of carbonyl (C=O) groups excluding carboxylic acids is 1. The van der Waals surface area contributed by atoms with E-state index in [1.807, 2.05) is 11.2 Å². The Kier molecular flexibility index (Phi) is 5.05. The molecule has 0 spiro atoms. The molecule has 0 saturated carbocycles. The molecule has 1 aromatic rings. The zero-order valence-corrected chi connectivity index (χ0v) is 14.4. The number of ether oxygens (including phenoxy) is 1. The van der Waals surface area contributed by atoms with Gasteiger partial charge in [0.25, 0.3) is 0 Å². The molecule has 0 amide bonds. The van der Waals surface area contributed by atoms with Crippen LogP contribution in [0.15, 0.2) is 4.90 Å². The summed E-state index contributed by atoms with van der Waals surface area (Å²) in [4.78, 5) is 15.1. The largest absolute Gasteiger partial charge is 0.462 e. The van der Waals surface area contributed by atoms with Crippen LogP contribution in [0.2, 0.25) is 0 Å². The molecular weight excluding hydrogens is 332 g/mol. The second kappa shape index (κ2) is 6.45. The number of hydrogen-bond donors (Lipinski definition) is 1. The van der Waals surface area contributed by atoms with Crippen LogP contribution in [0.25, 0.3) is 0 Å². The van der Waals surface area contributed by atoms with Crippen LogP contribution in [0, 0.1) is 0 Å². The van der Waals surface area contributed by atoms with Crippen molar-refractivity contribution in [3.63, 3.8) is 0 Å². The van der Waals surface area contributed by atoms with Gasteiger partial charge in [-0.05, 0) is 13.2 Å². The van der Waals surface area contributed by atoms with E-state index in [-0.39, 0.29) is 11.5 Å². The monoisotopic (exact) mass is 350 g/mol. The van der Waals surface area contributed by atoms with Gasteiger partial charge in [-0.3, -0.25) is 0 Å². The molecule has 2 N–H and O–H groups in total. The van der Waals surface area contributed by atoms with E-state index in [2.05, 4.69) is 0 Å². The highest BCUT2D eigenvalue weighted by Gasteiger charge is 2.28. The third-order valence-corrected chi connectivity index (χ3v) is 6.99. The van der Waals surface area contributed by atoms with E-state index in [1.165, 1.54) is 23.1 Å². The fraction of sp³-hybridized carbons (Fsp3) is 0.583. The number of thiophene rings is 1. The fourth-order valence-electron chi connectivity index (χ4n) is 2.09. The lowest BCUT2D eigenvalue weighted by Gasteiger charge is -2.28. The van der Waals surface area contributed by atoms with Gasteiger partial charge >= 0.3 is 5.97 Å². The van der Waals surface area contributed by atoms with Crippen molar-refractivity contribution < 1.29 is 17.9 Å². The number of sulfone groups is 1. The average Bonchev–Trinajstić information content (AvgIpc) is 2.76. The molecule has 1 fully saturated rings. The number of rotatable bonds is 4. The maximum Gasteiger partial charge on any atom is 0.350 e. The number of nitrogens with two attached hydrogens (primary N) is 1. The summed E-state index contributed by atoms with van der Waals surface area (Å²) < 4.78 is 28.1. The second-order valence-electron chi connectivity index (χ2n) is 4.54. The maximum absolute atomic E-state index is 11.9. The van der Waals surface area contributed by atoms with E-state index in [0.29, 0.717) is 30.3 Å². The van der Waals surface area contributed by atoms with Crippen molar-refractivity contribution in [2.75, 3.05) is 48.1 Å². The average molecular weight is 350 g/mol. The summed E-state index contributed by atoms with van der Waals surface area (Å²) in [5.74, 6) is -0.160. The molecule has 6 nitrogen and oxygen atoms in total. The molecule has 118 valence electrons. The summed E-state index contributed by atoms with van der Waals surface area (Å²) >= 11 is 2.73. The summed E-state index contributed by atoms with van der Waals surface area (Å²) in [5.41, 5.74) is 6.47. The quantitative estimate of drug-likeness (QED) is 0.649. The van der Waals surface area contributed by atoms with E-state index in [0.717, 1.165) is 9.90 Å². The lowest BCUT2D eigenvalue weighted by Crippen LogP contribution is -2.40. The molecule has 21 heavy (non-hydrogen) atoms. The van der Waals surface area contributed by atoms with Gasteiger partial charge in [-0.1, -0.05) is 0 Å². The Morgan fingerprint density at radius 3 is 2.57 bits per heavy atom. The van der Waals surface area contributed by atoms with Gasteiger partial charge < -0.3 is 15.4 Å². The van der Waals surface area contributed by atoms with Gasteiger partial charge in [0.2, 0.25) is 0 Å². The Morgan fingerprint density at radius 1 is 1.43 bits per heavy atom. The maximum atomic E-state index is 11.9. The van der Waals surface area contributed by atoms with Crippen LogP contribution in [-0.4, -0.2) is 51.8 Å². The topological polar surface area (TPSA) is 89.7 Å². The van der Waals surface area contributed by atoms with Crippen LogP contribution in [0.5, 0.6) is 0 Å². The van der Waals surface area contributed by atoms with E-state index < -0.39 is 15.8 Å². The summed E-state index contributed by atoms with van der Waals surface area (Å²) in [6, 6.07) is 0. The minimum absolute atomic E-state index is 0.132. The molecule has 2 heterocycles. The highest BCUT2D eigenvalue weighted by Crippen LogP contribution is 2.44. The Morgan fingerprint density at radius 2 is 2.05 bits per heavy atom. The molecule has 0 bridgehead atoms. The van der Waals surface area contributed by atoms with Crippen molar-refractivity contribution in [2.45, 2.75) is 11.8 Å². The van der Waals surface area contributed by atoms with Crippen LogP contribution in [0.1, 0.15) is 16.6 Å². The molecule has 9 heteroatoms. The van der Waals surface area contributed by atoms with E-state index in [9.17, 15) is 13.2 Å². The molecular formula is C12H18N2O4S3. The molecule has 0 radical (unpaired) electrons. The number of esters is 1. The molecule has 1 aliphatic rings. The van der Waals surface area contributed by atoms with Gasteiger partial charge in [0.1, 0.15) is 9.88 Å². The predicted molar refractivity (Wildman–Crippen MR) is 87.3 cm³/mol. The SMILES string of the molecule is CCOC(=O)c1sc(N2CCS(=O)(=O)CC2)c(SC)c1N. The van der Waals surface area contributed by atoms with Gasteiger partial charge in [-0.2, -0.15) is 0 Å². The number of thioether (sulfide) groups is 1. The molecule has 1 aliphatic heterocycles. The number of hydrogen-bond acceptors (Lipinski definition) is 8. The van der Waals surface area contributed by atoms with Gasteiger partial charge in [-0.15, -0.1) is 23.1 Å². The number of carbonyl (C=O) groups is 1. The van der Waals surface area contributed by atoms with Gasteiger partial charge in [0, 0.05) is 13.1 Å².